The van der Waals surface area contributed by atoms with Gasteiger partial charge in [-0.1, -0.05) is 37.0 Å². The van der Waals surface area contributed by atoms with Crippen LogP contribution >= 0.6 is 23.2 Å². The van der Waals surface area contributed by atoms with Crippen LogP contribution < -0.4 is 9.47 Å². The van der Waals surface area contributed by atoms with E-state index >= 15 is 0 Å². The number of nitriles is 1. The molecule has 37 heavy (non-hydrogen) atoms. The van der Waals surface area contributed by atoms with E-state index in [0.29, 0.717) is 13.1 Å². The molecular formula is C26H25Cl2F3N2O4. The molecule has 4 atom stereocenters. The van der Waals surface area contributed by atoms with E-state index in [1.807, 2.05) is 13.8 Å². The van der Waals surface area contributed by atoms with Gasteiger partial charge < -0.3 is 14.4 Å². The number of amides is 1. The molecule has 6 nitrogen and oxygen atoms in total. The van der Waals surface area contributed by atoms with E-state index in [-0.39, 0.29) is 39.1 Å². The number of ether oxygens (including phenoxy) is 2. The van der Waals surface area contributed by atoms with Gasteiger partial charge in [-0.05, 0) is 55.5 Å². The van der Waals surface area contributed by atoms with Crippen LogP contribution in [-0.2, 0) is 15.8 Å². The molecule has 2 aromatic carbocycles. The summed E-state index contributed by atoms with van der Waals surface area (Å²) in [5.41, 5.74) is -0.924. The van der Waals surface area contributed by atoms with Crippen LogP contribution in [0.5, 0.6) is 17.2 Å². The lowest BCUT2D eigenvalue weighted by Crippen LogP contribution is -2.48. The van der Waals surface area contributed by atoms with E-state index in [4.69, 9.17) is 32.7 Å². The van der Waals surface area contributed by atoms with E-state index in [1.54, 1.807) is 11.0 Å². The van der Waals surface area contributed by atoms with Gasteiger partial charge in [0.15, 0.2) is 17.8 Å². The fraction of sp³-hybridized carbons (Fsp3) is 0.423. The third kappa shape index (κ3) is 7.08. The lowest BCUT2D eigenvalue weighted by molar-refractivity contribution is -0.143. The summed E-state index contributed by atoms with van der Waals surface area (Å²) in [4.78, 5) is 27.5. The zero-order chi connectivity index (χ0) is 27.5. The highest BCUT2D eigenvalue weighted by Gasteiger charge is 2.37. The first kappa shape index (κ1) is 28.6. The second-order valence-electron chi connectivity index (χ2n) is 9.25. The Bertz CT molecular complexity index is 1210. The average Bonchev–Trinajstić information content (AvgIpc) is 2.81. The zero-order valence-electron chi connectivity index (χ0n) is 20.3. The molecule has 4 unspecified atom stereocenters. The Kier molecular flexibility index (Phi) is 8.98. The van der Waals surface area contributed by atoms with Gasteiger partial charge in [0.2, 0.25) is 5.91 Å². The van der Waals surface area contributed by atoms with Gasteiger partial charge >= 0.3 is 6.18 Å². The molecule has 11 heteroatoms. The number of Topliss-reactive ketones (excluding diaryl/α,β-unsaturated/α-hetero) is 1. The van der Waals surface area contributed by atoms with E-state index in [2.05, 4.69) is 0 Å². The first-order chi connectivity index (χ1) is 17.3. The van der Waals surface area contributed by atoms with Crippen molar-refractivity contribution in [3.8, 4) is 23.3 Å². The summed E-state index contributed by atoms with van der Waals surface area (Å²) in [6.07, 6.45) is -4.79. The van der Waals surface area contributed by atoms with Crippen LogP contribution in [0.4, 0.5) is 13.2 Å². The number of hydrogen-bond acceptors (Lipinski definition) is 5. The number of halogens is 5. The summed E-state index contributed by atoms with van der Waals surface area (Å²) in [5.74, 6) is -2.17. The number of hydrogen-bond donors (Lipinski definition) is 0. The Labute approximate surface area is 222 Å². The highest BCUT2D eigenvalue weighted by Crippen LogP contribution is 2.38. The van der Waals surface area contributed by atoms with Crippen LogP contribution in [0.2, 0.25) is 10.0 Å². The minimum Gasteiger partial charge on any atom is -0.481 e. The first-order valence-corrected chi connectivity index (χ1v) is 12.3. The maximum Gasteiger partial charge on any atom is 0.416 e. The van der Waals surface area contributed by atoms with Gasteiger partial charge in [0.1, 0.15) is 17.2 Å². The van der Waals surface area contributed by atoms with Gasteiger partial charge in [-0.15, -0.1) is 0 Å². The predicted octanol–water partition coefficient (Wildman–Crippen LogP) is 6.79. The van der Waals surface area contributed by atoms with Gasteiger partial charge in [0.05, 0.1) is 21.7 Å². The molecule has 1 saturated heterocycles. The van der Waals surface area contributed by atoms with Crippen molar-refractivity contribution < 1.29 is 32.2 Å². The molecule has 3 rings (SSSR count). The Hall–Kier alpha value is -2.96. The summed E-state index contributed by atoms with van der Waals surface area (Å²) in [5, 5.41) is 9.46. The molecule has 0 aliphatic carbocycles. The Balaban J connectivity index is 1.73. The normalized spacial score (nSPS) is 19.5. The van der Waals surface area contributed by atoms with E-state index in [9.17, 15) is 28.0 Å². The van der Waals surface area contributed by atoms with Gasteiger partial charge in [-0.25, -0.2) is 0 Å². The van der Waals surface area contributed by atoms with Crippen molar-refractivity contribution in [1.29, 1.82) is 5.26 Å². The number of rotatable bonds is 7. The molecule has 0 saturated carbocycles. The minimum absolute atomic E-state index is 0.0207. The third-order valence-electron chi connectivity index (χ3n) is 5.94. The summed E-state index contributed by atoms with van der Waals surface area (Å²) in [7, 11) is 0. The maximum absolute atomic E-state index is 13.0. The number of carbonyl (C=O) groups is 2. The number of alkyl halides is 3. The fourth-order valence-corrected chi connectivity index (χ4v) is 4.65. The van der Waals surface area contributed by atoms with Gasteiger partial charge in [-0.2, -0.15) is 18.4 Å². The van der Waals surface area contributed by atoms with Crippen LogP contribution in [0, 0.1) is 29.1 Å². The average molecular weight is 557 g/mol. The van der Waals surface area contributed by atoms with Crippen molar-refractivity contribution >= 4 is 34.9 Å². The first-order valence-electron chi connectivity index (χ1n) is 11.5. The number of nitrogens with zero attached hydrogens (tertiary/aromatic N) is 2. The molecule has 1 aliphatic rings. The summed E-state index contributed by atoms with van der Waals surface area (Å²) in [6, 6.07) is 8.64. The molecule has 0 spiro atoms. The molecule has 198 valence electrons. The topological polar surface area (TPSA) is 79.6 Å². The standard InChI is InChI=1S/C26H25Cl2F3N2O4/c1-14-8-15(2)13-33(12-14)25(35)19(11-32)24(34)16(3)36-23-10-18(5-6-20(23)27)37-22-7-4-17(9-21(22)28)26(29,30)31/h4-7,9-10,14-16,19H,8,12-13H2,1-3H3. The van der Waals surface area contributed by atoms with Gasteiger partial charge in [0.25, 0.3) is 0 Å². The van der Waals surface area contributed by atoms with Gasteiger partial charge in [-0.3, -0.25) is 9.59 Å². The summed E-state index contributed by atoms with van der Waals surface area (Å²) >= 11 is 12.1. The molecule has 1 heterocycles. The molecule has 2 aromatic rings. The summed E-state index contributed by atoms with van der Waals surface area (Å²) < 4.78 is 49.9. The molecule has 0 bridgehead atoms. The van der Waals surface area contributed by atoms with Crippen LogP contribution in [0.25, 0.3) is 0 Å². The van der Waals surface area contributed by atoms with Crippen LogP contribution in [0.15, 0.2) is 36.4 Å². The molecular weight excluding hydrogens is 532 g/mol. The summed E-state index contributed by atoms with van der Waals surface area (Å²) in [6.45, 7) is 6.38. The van der Waals surface area contributed by atoms with Crippen LogP contribution in [-0.4, -0.2) is 35.8 Å². The molecule has 1 amide bonds. The maximum atomic E-state index is 13.0. The minimum atomic E-state index is -4.56. The molecule has 1 aliphatic heterocycles. The largest absolute Gasteiger partial charge is 0.481 e. The second kappa shape index (κ2) is 11.6. The fourth-order valence-electron chi connectivity index (χ4n) is 4.27. The van der Waals surface area contributed by atoms with Crippen molar-refractivity contribution in [3.05, 3.63) is 52.0 Å². The van der Waals surface area contributed by atoms with Crippen molar-refractivity contribution in [2.24, 2.45) is 17.8 Å². The lowest BCUT2D eigenvalue weighted by atomic mass is 9.90. The van der Waals surface area contributed by atoms with E-state index in [1.165, 1.54) is 25.1 Å². The van der Waals surface area contributed by atoms with Crippen LogP contribution in [0.3, 0.4) is 0 Å². The highest BCUT2D eigenvalue weighted by molar-refractivity contribution is 6.32. The van der Waals surface area contributed by atoms with Gasteiger partial charge in [0, 0.05) is 19.2 Å². The Morgan fingerprint density at radius 3 is 2.27 bits per heavy atom. The van der Waals surface area contributed by atoms with Crippen molar-refractivity contribution in [1.82, 2.24) is 4.90 Å². The third-order valence-corrected chi connectivity index (χ3v) is 6.54. The monoisotopic (exact) mass is 556 g/mol. The van der Waals surface area contributed by atoms with E-state index in [0.717, 1.165) is 24.6 Å². The predicted molar refractivity (Wildman–Crippen MR) is 132 cm³/mol. The molecule has 0 aromatic heterocycles. The number of likely N-dealkylation sites (tertiary alicyclic amines) is 1. The number of piperidine rings is 1. The van der Waals surface area contributed by atoms with Crippen LogP contribution in [0.1, 0.15) is 32.8 Å². The lowest BCUT2D eigenvalue weighted by Gasteiger charge is -2.36. The number of ketones is 1. The molecule has 1 fully saturated rings. The highest BCUT2D eigenvalue weighted by atomic mass is 35.5. The molecule has 0 N–H and O–H groups in total. The SMILES string of the molecule is CC1CC(C)CN(C(=O)C(C#N)C(=O)C(C)Oc2cc(Oc3ccc(C(F)(F)F)cc3Cl)ccc2Cl)C1. The smallest absolute Gasteiger partial charge is 0.416 e. The van der Waals surface area contributed by atoms with Crippen molar-refractivity contribution in [2.45, 2.75) is 39.5 Å². The van der Waals surface area contributed by atoms with Crippen molar-refractivity contribution in [2.75, 3.05) is 13.1 Å². The number of carbonyl (C=O) groups excluding carboxylic acids is 2. The quantitative estimate of drug-likeness (QED) is 0.351. The zero-order valence-corrected chi connectivity index (χ0v) is 21.8. The number of benzene rings is 2. The van der Waals surface area contributed by atoms with Crippen molar-refractivity contribution in [3.63, 3.8) is 0 Å². The Morgan fingerprint density at radius 2 is 1.70 bits per heavy atom. The molecule has 0 radical (unpaired) electrons. The van der Waals surface area contributed by atoms with E-state index < -0.39 is 35.5 Å². The Morgan fingerprint density at radius 1 is 1.05 bits per heavy atom. The second-order valence-corrected chi connectivity index (χ2v) is 10.1.